The number of rotatable bonds is 7. The Hall–Kier alpha value is -2.43. The van der Waals surface area contributed by atoms with Gasteiger partial charge in [-0.1, -0.05) is 16.9 Å². The molecule has 0 spiro atoms. The van der Waals surface area contributed by atoms with Gasteiger partial charge >= 0.3 is 0 Å². The van der Waals surface area contributed by atoms with Gasteiger partial charge in [-0.2, -0.15) is 9.29 Å². The zero-order valence-corrected chi connectivity index (χ0v) is 17.4. The molecule has 0 radical (unpaired) electrons. The van der Waals surface area contributed by atoms with Gasteiger partial charge in [0, 0.05) is 24.8 Å². The molecule has 0 atom stereocenters. The highest BCUT2D eigenvalue weighted by molar-refractivity contribution is 7.98. The Morgan fingerprint density at radius 2 is 1.90 bits per heavy atom. The van der Waals surface area contributed by atoms with Crippen LogP contribution in [0, 0.1) is 0 Å². The molecule has 1 saturated heterocycles. The predicted octanol–water partition coefficient (Wildman–Crippen LogP) is 3.22. The highest BCUT2D eigenvalue weighted by atomic mass is 32.2. The summed E-state index contributed by atoms with van der Waals surface area (Å²) in [6.07, 6.45) is 3.22. The first-order valence-corrected chi connectivity index (χ1v) is 11.5. The van der Waals surface area contributed by atoms with Gasteiger partial charge in [-0.25, -0.2) is 13.4 Å². The van der Waals surface area contributed by atoms with Gasteiger partial charge in [-0.15, -0.1) is 0 Å². The van der Waals surface area contributed by atoms with Crippen LogP contribution in [0.1, 0.15) is 18.7 Å². The van der Waals surface area contributed by atoms with Gasteiger partial charge in [0.25, 0.3) is 0 Å². The number of hydrogen-bond acceptors (Lipinski definition) is 8. The quantitative estimate of drug-likeness (QED) is 0.525. The van der Waals surface area contributed by atoms with E-state index in [0.717, 1.165) is 24.2 Å². The second-order valence-electron chi connectivity index (χ2n) is 6.47. The van der Waals surface area contributed by atoms with Crippen LogP contribution in [0.2, 0.25) is 0 Å². The summed E-state index contributed by atoms with van der Waals surface area (Å²) in [6.45, 7) is 1.15. The fraction of sp³-hybridized carbons (Fsp3) is 0.316. The Morgan fingerprint density at radius 3 is 2.55 bits per heavy atom. The third-order valence-electron chi connectivity index (χ3n) is 4.57. The number of pyridine rings is 1. The monoisotopic (exact) mass is 432 g/mol. The molecule has 10 heteroatoms. The number of thioether (sulfide) groups is 1. The smallest absolute Gasteiger partial charge is 0.244 e. The van der Waals surface area contributed by atoms with E-state index in [1.165, 1.54) is 22.3 Å². The molecule has 8 nitrogen and oxygen atoms in total. The lowest BCUT2D eigenvalue weighted by molar-refractivity contribution is 0.391. The lowest BCUT2D eigenvalue weighted by Crippen LogP contribution is -2.27. The molecule has 0 aliphatic carbocycles. The summed E-state index contributed by atoms with van der Waals surface area (Å²) in [7, 11) is -1.83. The highest BCUT2D eigenvalue weighted by Crippen LogP contribution is 2.25. The minimum absolute atomic E-state index is 0.225. The molecule has 152 valence electrons. The van der Waals surface area contributed by atoms with Crippen molar-refractivity contribution in [1.82, 2.24) is 19.4 Å². The Labute approximate surface area is 173 Å². The Morgan fingerprint density at radius 1 is 1.14 bits per heavy atom. The van der Waals surface area contributed by atoms with Crippen LogP contribution >= 0.6 is 11.8 Å². The van der Waals surface area contributed by atoms with Crippen molar-refractivity contribution in [3.8, 4) is 17.1 Å². The number of sulfonamides is 1. The van der Waals surface area contributed by atoms with Crippen LogP contribution in [0.25, 0.3) is 11.4 Å². The minimum atomic E-state index is -3.44. The molecule has 1 aliphatic rings. The number of nitrogens with zero attached hydrogens (tertiary/aromatic N) is 4. The van der Waals surface area contributed by atoms with Gasteiger partial charge in [0.2, 0.25) is 21.7 Å². The normalized spacial score (nSPS) is 14.9. The first-order valence-electron chi connectivity index (χ1n) is 9.12. The maximum Gasteiger partial charge on any atom is 0.244 e. The van der Waals surface area contributed by atoms with Crippen LogP contribution in [0.5, 0.6) is 5.75 Å². The van der Waals surface area contributed by atoms with Crippen molar-refractivity contribution in [2.75, 3.05) is 20.2 Å². The maximum absolute atomic E-state index is 12.5. The Bertz CT molecular complexity index is 1060. The number of ether oxygens (including phenoxy) is 1. The molecule has 1 aliphatic heterocycles. The summed E-state index contributed by atoms with van der Waals surface area (Å²) in [5, 5.41) is 4.69. The van der Waals surface area contributed by atoms with E-state index in [1.54, 1.807) is 19.2 Å². The summed E-state index contributed by atoms with van der Waals surface area (Å²) in [6, 6.07) is 10.7. The molecule has 0 saturated carbocycles. The van der Waals surface area contributed by atoms with Crippen molar-refractivity contribution in [3.05, 3.63) is 48.5 Å². The molecule has 0 amide bonds. The van der Waals surface area contributed by atoms with Gasteiger partial charge in [0.15, 0.2) is 0 Å². The maximum atomic E-state index is 12.5. The first-order chi connectivity index (χ1) is 14.1. The van der Waals surface area contributed by atoms with E-state index in [2.05, 4.69) is 15.1 Å². The van der Waals surface area contributed by atoms with Crippen molar-refractivity contribution in [2.24, 2.45) is 0 Å². The Balaban J connectivity index is 1.38. The van der Waals surface area contributed by atoms with Crippen LogP contribution < -0.4 is 4.74 Å². The Kier molecular flexibility index (Phi) is 5.84. The number of aromatic nitrogens is 3. The summed E-state index contributed by atoms with van der Waals surface area (Å²) in [5.74, 6) is 2.17. The SMILES string of the molecule is COc1ccc(-c2noc(CSc3ccc(S(=O)(=O)N4CCCC4)cn3)n2)cc1. The van der Waals surface area contributed by atoms with Crippen LogP contribution in [0.4, 0.5) is 0 Å². The molecule has 3 heterocycles. The third-order valence-corrected chi connectivity index (χ3v) is 7.38. The standard InChI is InChI=1S/C19H20N4O4S2/c1-26-15-6-4-14(5-7-15)19-21-17(27-22-19)13-28-18-9-8-16(12-20-18)29(24,25)23-10-2-3-11-23/h4-9,12H,2-3,10-11,13H2,1H3. The second-order valence-corrected chi connectivity index (χ2v) is 9.41. The third kappa shape index (κ3) is 4.44. The molecular weight excluding hydrogens is 412 g/mol. The van der Waals surface area contributed by atoms with E-state index < -0.39 is 10.0 Å². The van der Waals surface area contributed by atoms with Gasteiger partial charge in [-0.05, 0) is 49.2 Å². The van der Waals surface area contributed by atoms with Gasteiger partial charge in [-0.3, -0.25) is 0 Å². The fourth-order valence-corrected chi connectivity index (χ4v) is 5.13. The number of methoxy groups -OCH3 is 1. The second kappa shape index (κ2) is 8.52. The van der Waals surface area contributed by atoms with Crippen LogP contribution in [-0.4, -0.2) is 48.0 Å². The molecule has 1 fully saturated rings. The zero-order chi connectivity index (χ0) is 20.3. The molecule has 4 rings (SSSR count). The first kappa shape index (κ1) is 19.9. The molecular formula is C19H20N4O4S2. The van der Waals surface area contributed by atoms with Gasteiger partial charge in [0.05, 0.1) is 17.9 Å². The lowest BCUT2D eigenvalue weighted by Gasteiger charge is -2.15. The lowest BCUT2D eigenvalue weighted by atomic mass is 10.2. The average Bonchev–Trinajstić information content (AvgIpc) is 3.45. The highest BCUT2D eigenvalue weighted by Gasteiger charge is 2.27. The molecule has 3 aromatic rings. The average molecular weight is 433 g/mol. The summed E-state index contributed by atoms with van der Waals surface area (Å²) >= 11 is 1.40. The molecule has 29 heavy (non-hydrogen) atoms. The predicted molar refractivity (Wildman–Crippen MR) is 108 cm³/mol. The molecule has 0 unspecified atom stereocenters. The van der Waals surface area contributed by atoms with Crippen molar-refractivity contribution >= 4 is 21.8 Å². The van der Waals surface area contributed by atoms with Gasteiger partial charge in [0.1, 0.15) is 10.6 Å². The van der Waals surface area contributed by atoms with E-state index in [4.69, 9.17) is 9.26 Å². The fourth-order valence-electron chi connectivity index (χ4n) is 2.99. The van der Waals surface area contributed by atoms with E-state index in [0.29, 0.717) is 35.6 Å². The number of benzene rings is 1. The zero-order valence-electron chi connectivity index (χ0n) is 15.8. The van der Waals surface area contributed by atoms with E-state index in [-0.39, 0.29) is 4.90 Å². The largest absolute Gasteiger partial charge is 0.497 e. The minimum Gasteiger partial charge on any atom is -0.497 e. The van der Waals surface area contributed by atoms with Crippen molar-refractivity contribution in [1.29, 1.82) is 0 Å². The molecule has 0 N–H and O–H groups in total. The summed E-state index contributed by atoms with van der Waals surface area (Å²) < 4.78 is 37.0. The van der Waals surface area contributed by atoms with Crippen molar-refractivity contribution in [2.45, 2.75) is 28.5 Å². The molecule has 1 aromatic carbocycles. The van der Waals surface area contributed by atoms with Crippen molar-refractivity contribution in [3.63, 3.8) is 0 Å². The topological polar surface area (TPSA) is 98.4 Å². The summed E-state index contributed by atoms with van der Waals surface area (Å²) in [5.41, 5.74) is 0.834. The van der Waals surface area contributed by atoms with Crippen LogP contribution in [0.15, 0.2) is 57.0 Å². The van der Waals surface area contributed by atoms with Crippen LogP contribution in [0.3, 0.4) is 0 Å². The number of hydrogen-bond donors (Lipinski definition) is 0. The van der Waals surface area contributed by atoms with Crippen molar-refractivity contribution < 1.29 is 17.7 Å². The van der Waals surface area contributed by atoms with E-state index in [9.17, 15) is 8.42 Å². The van der Waals surface area contributed by atoms with Crippen LogP contribution in [-0.2, 0) is 15.8 Å². The van der Waals surface area contributed by atoms with E-state index >= 15 is 0 Å². The molecule has 0 bridgehead atoms. The van der Waals surface area contributed by atoms with Gasteiger partial charge < -0.3 is 9.26 Å². The summed E-state index contributed by atoms with van der Waals surface area (Å²) in [4.78, 5) is 8.88. The molecule has 2 aromatic heterocycles. The van der Waals surface area contributed by atoms with E-state index in [1.807, 2.05) is 24.3 Å².